The standard InChI is InChI=1S/C19H29N5O/c1-22-10-12-23(13-11-22)17-14-16(2-6-21-17)18(25)24-8-4-19(5-9-24)3-7-20-15-19/h2,6,14,20H,3-5,7-13,15H2,1H3. The van der Waals surface area contributed by atoms with Crippen molar-refractivity contribution < 1.29 is 4.79 Å². The number of piperazine rings is 1. The molecule has 3 aliphatic heterocycles. The summed E-state index contributed by atoms with van der Waals surface area (Å²) in [5.41, 5.74) is 1.23. The lowest BCUT2D eigenvalue weighted by molar-refractivity contribution is 0.0607. The van der Waals surface area contributed by atoms with Crippen molar-refractivity contribution >= 4 is 11.7 Å². The molecule has 1 aromatic rings. The zero-order chi connectivity index (χ0) is 17.3. The van der Waals surface area contributed by atoms with Crippen molar-refractivity contribution in [3.05, 3.63) is 23.9 Å². The molecule has 0 unspecified atom stereocenters. The number of hydrogen-bond acceptors (Lipinski definition) is 5. The fraction of sp³-hybridized carbons (Fsp3) is 0.684. The molecule has 0 aromatic carbocycles. The number of nitrogens with zero attached hydrogens (tertiary/aromatic N) is 4. The first-order valence-corrected chi connectivity index (χ1v) is 9.55. The third kappa shape index (κ3) is 3.51. The van der Waals surface area contributed by atoms with Crippen LogP contribution in [0.25, 0.3) is 0 Å². The molecule has 1 N–H and O–H groups in total. The Balaban J connectivity index is 1.41. The highest BCUT2D eigenvalue weighted by Crippen LogP contribution is 2.37. The van der Waals surface area contributed by atoms with Crippen LogP contribution in [0.5, 0.6) is 0 Å². The van der Waals surface area contributed by atoms with Crippen LogP contribution in [0.1, 0.15) is 29.6 Å². The van der Waals surface area contributed by atoms with Crippen LogP contribution in [-0.2, 0) is 0 Å². The minimum atomic E-state index is 0.165. The summed E-state index contributed by atoms with van der Waals surface area (Å²) in [5, 5.41) is 3.48. The van der Waals surface area contributed by atoms with Crippen molar-refractivity contribution in [1.82, 2.24) is 20.1 Å². The summed E-state index contributed by atoms with van der Waals surface area (Å²) in [7, 11) is 2.15. The van der Waals surface area contributed by atoms with Gasteiger partial charge < -0.3 is 20.0 Å². The molecule has 4 rings (SSSR count). The number of carbonyl (C=O) groups excluding carboxylic acids is 1. The average molecular weight is 343 g/mol. The van der Waals surface area contributed by atoms with E-state index in [-0.39, 0.29) is 5.91 Å². The van der Waals surface area contributed by atoms with Crippen molar-refractivity contribution in [1.29, 1.82) is 0 Å². The maximum atomic E-state index is 12.9. The fourth-order valence-electron chi connectivity index (χ4n) is 4.35. The smallest absolute Gasteiger partial charge is 0.254 e. The molecule has 3 fully saturated rings. The normalized spacial score (nSPS) is 24.0. The molecule has 3 saturated heterocycles. The highest BCUT2D eigenvalue weighted by Gasteiger charge is 2.38. The highest BCUT2D eigenvalue weighted by molar-refractivity contribution is 5.95. The lowest BCUT2D eigenvalue weighted by Crippen LogP contribution is -2.45. The second kappa shape index (κ2) is 6.92. The SMILES string of the molecule is CN1CCN(c2cc(C(=O)N3CCC4(CCNC4)CC3)ccn2)CC1. The lowest BCUT2D eigenvalue weighted by atomic mass is 9.78. The molecule has 0 aliphatic carbocycles. The van der Waals surface area contributed by atoms with Gasteiger partial charge in [0.05, 0.1) is 0 Å². The quantitative estimate of drug-likeness (QED) is 0.870. The van der Waals surface area contributed by atoms with Crippen LogP contribution in [0.4, 0.5) is 5.82 Å². The summed E-state index contributed by atoms with van der Waals surface area (Å²) in [6.07, 6.45) is 5.30. The summed E-state index contributed by atoms with van der Waals surface area (Å²) in [6.45, 7) is 8.05. The van der Waals surface area contributed by atoms with Gasteiger partial charge in [0.15, 0.2) is 0 Å². The van der Waals surface area contributed by atoms with E-state index in [0.717, 1.165) is 76.6 Å². The molecule has 136 valence electrons. The summed E-state index contributed by atoms with van der Waals surface area (Å²) < 4.78 is 0. The van der Waals surface area contributed by atoms with Gasteiger partial charge >= 0.3 is 0 Å². The van der Waals surface area contributed by atoms with Gasteiger partial charge in [-0.15, -0.1) is 0 Å². The number of likely N-dealkylation sites (N-methyl/N-ethyl adjacent to an activating group) is 1. The van der Waals surface area contributed by atoms with Crippen molar-refractivity contribution in [3.8, 4) is 0 Å². The Morgan fingerprint density at radius 2 is 1.88 bits per heavy atom. The van der Waals surface area contributed by atoms with Crippen LogP contribution in [-0.4, -0.2) is 80.1 Å². The van der Waals surface area contributed by atoms with Gasteiger partial charge in [-0.05, 0) is 50.4 Å². The molecule has 1 spiro atoms. The Bertz CT molecular complexity index is 610. The summed E-state index contributed by atoms with van der Waals surface area (Å²) in [5.74, 6) is 1.10. The van der Waals surface area contributed by atoms with Crippen molar-refractivity contribution in [2.75, 3.05) is 64.3 Å². The Morgan fingerprint density at radius 3 is 2.56 bits per heavy atom. The van der Waals surface area contributed by atoms with Crippen LogP contribution in [0.2, 0.25) is 0 Å². The molecule has 0 atom stereocenters. The van der Waals surface area contributed by atoms with E-state index in [2.05, 4.69) is 27.1 Å². The van der Waals surface area contributed by atoms with Gasteiger partial charge in [-0.3, -0.25) is 4.79 Å². The van der Waals surface area contributed by atoms with E-state index in [9.17, 15) is 4.79 Å². The van der Waals surface area contributed by atoms with Crippen LogP contribution in [0, 0.1) is 5.41 Å². The Hall–Kier alpha value is -1.66. The molecule has 0 bridgehead atoms. The Morgan fingerprint density at radius 1 is 1.12 bits per heavy atom. The number of likely N-dealkylation sites (tertiary alicyclic amines) is 1. The Kier molecular flexibility index (Phi) is 4.65. The molecular weight excluding hydrogens is 314 g/mol. The third-order valence-corrected chi connectivity index (χ3v) is 6.26. The third-order valence-electron chi connectivity index (χ3n) is 6.26. The topological polar surface area (TPSA) is 51.7 Å². The van der Waals surface area contributed by atoms with E-state index in [1.807, 2.05) is 17.0 Å². The lowest BCUT2D eigenvalue weighted by Gasteiger charge is -2.39. The number of aromatic nitrogens is 1. The van der Waals surface area contributed by atoms with Crippen molar-refractivity contribution in [2.24, 2.45) is 5.41 Å². The molecule has 0 saturated carbocycles. The molecule has 4 heterocycles. The van der Waals surface area contributed by atoms with Gasteiger partial charge in [0.1, 0.15) is 5.82 Å². The van der Waals surface area contributed by atoms with E-state index >= 15 is 0 Å². The van der Waals surface area contributed by atoms with E-state index in [1.165, 1.54) is 6.42 Å². The van der Waals surface area contributed by atoms with Gasteiger partial charge in [-0.2, -0.15) is 0 Å². The summed E-state index contributed by atoms with van der Waals surface area (Å²) >= 11 is 0. The summed E-state index contributed by atoms with van der Waals surface area (Å²) in [4.78, 5) is 24.1. The predicted octanol–water partition coefficient (Wildman–Crippen LogP) is 1.05. The number of nitrogens with one attached hydrogen (secondary N) is 1. The van der Waals surface area contributed by atoms with Gasteiger partial charge in [0.2, 0.25) is 0 Å². The van der Waals surface area contributed by atoms with Gasteiger partial charge in [-0.25, -0.2) is 4.98 Å². The monoisotopic (exact) mass is 343 g/mol. The molecule has 6 heteroatoms. The number of hydrogen-bond donors (Lipinski definition) is 1. The molecule has 25 heavy (non-hydrogen) atoms. The average Bonchev–Trinajstić information content (AvgIpc) is 3.10. The fourth-order valence-corrected chi connectivity index (χ4v) is 4.35. The minimum Gasteiger partial charge on any atom is -0.354 e. The first-order chi connectivity index (χ1) is 12.2. The number of anilines is 1. The molecular formula is C19H29N5O. The number of rotatable bonds is 2. The first kappa shape index (κ1) is 16.8. The second-order valence-corrected chi connectivity index (χ2v) is 7.91. The van der Waals surface area contributed by atoms with Crippen molar-refractivity contribution in [3.63, 3.8) is 0 Å². The molecule has 3 aliphatic rings. The Labute approximate surface area is 150 Å². The maximum absolute atomic E-state index is 12.9. The minimum absolute atomic E-state index is 0.165. The van der Waals surface area contributed by atoms with Crippen LogP contribution in [0.3, 0.4) is 0 Å². The molecule has 6 nitrogen and oxygen atoms in total. The number of piperidine rings is 1. The van der Waals surface area contributed by atoms with Gasteiger partial charge in [0.25, 0.3) is 5.91 Å². The largest absolute Gasteiger partial charge is 0.354 e. The van der Waals surface area contributed by atoms with Crippen LogP contribution in [0.15, 0.2) is 18.3 Å². The van der Waals surface area contributed by atoms with E-state index in [0.29, 0.717) is 5.41 Å². The highest BCUT2D eigenvalue weighted by atomic mass is 16.2. The maximum Gasteiger partial charge on any atom is 0.254 e. The zero-order valence-corrected chi connectivity index (χ0v) is 15.2. The number of pyridine rings is 1. The van der Waals surface area contributed by atoms with E-state index in [1.54, 1.807) is 6.20 Å². The first-order valence-electron chi connectivity index (χ1n) is 9.55. The van der Waals surface area contributed by atoms with Gasteiger partial charge in [0, 0.05) is 57.6 Å². The van der Waals surface area contributed by atoms with Crippen LogP contribution >= 0.6 is 0 Å². The van der Waals surface area contributed by atoms with Crippen molar-refractivity contribution in [2.45, 2.75) is 19.3 Å². The molecule has 1 aromatic heterocycles. The van der Waals surface area contributed by atoms with E-state index < -0.39 is 0 Å². The second-order valence-electron chi connectivity index (χ2n) is 7.91. The predicted molar refractivity (Wildman–Crippen MR) is 99.0 cm³/mol. The number of carbonyl (C=O) groups is 1. The molecule has 1 amide bonds. The summed E-state index contributed by atoms with van der Waals surface area (Å²) in [6, 6.07) is 3.85. The van der Waals surface area contributed by atoms with E-state index in [4.69, 9.17) is 0 Å². The van der Waals surface area contributed by atoms with Crippen LogP contribution < -0.4 is 10.2 Å². The zero-order valence-electron chi connectivity index (χ0n) is 15.2. The molecule has 0 radical (unpaired) electrons. The van der Waals surface area contributed by atoms with Gasteiger partial charge in [-0.1, -0.05) is 0 Å². The number of amides is 1.